The van der Waals surface area contributed by atoms with Crippen LogP contribution in [0.2, 0.25) is 0 Å². The lowest BCUT2D eigenvalue weighted by atomic mass is 10.1. The summed E-state index contributed by atoms with van der Waals surface area (Å²) in [6.45, 7) is 2.55. The molecule has 0 unspecified atom stereocenters. The second kappa shape index (κ2) is 7.64. The molecule has 0 aliphatic rings. The Balaban J connectivity index is 1.69. The fraction of sp³-hybridized carbons (Fsp3) is 0.174. The molecule has 0 saturated carbocycles. The Morgan fingerprint density at radius 2 is 1.61 bits per heavy atom. The summed E-state index contributed by atoms with van der Waals surface area (Å²) < 4.78 is 6.93. The van der Waals surface area contributed by atoms with Crippen LogP contribution in [0.15, 0.2) is 71.5 Å². The van der Waals surface area contributed by atoms with Crippen molar-refractivity contribution in [3.63, 3.8) is 0 Å². The minimum Gasteiger partial charge on any atom is -0.456 e. The van der Waals surface area contributed by atoms with E-state index in [0.717, 1.165) is 22.8 Å². The van der Waals surface area contributed by atoms with E-state index in [4.69, 9.17) is 4.74 Å². The molecule has 0 N–H and O–H groups in total. The number of hydrogen-bond donors (Lipinski definition) is 0. The van der Waals surface area contributed by atoms with Crippen molar-refractivity contribution in [3.8, 4) is 0 Å². The minimum absolute atomic E-state index is 0.142. The lowest BCUT2D eigenvalue weighted by molar-refractivity contribution is 0.0467. The maximum atomic E-state index is 12.8. The summed E-state index contributed by atoms with van der Waals surface area (Å²) in [6.07, 6.45) is 0.746. The molecule has 140 valence electrons. The second-order valence-electron chi connectivity index (χ2n) is 6.64. The minimum atomic E-state index is -0.533. The highest BCUT2D eigenvalue weighted by Crippen LogP contribution is 2.20. The van der Waals surface area contributed by atoms with Crippen LogP contribution in [0, 0.1) is 0 Å². The first-order valence-corrected chi connectivity index (χ1v) is 9.32. The number of aromatic nitrogens is 2. The number of nitrogens with zero attached hydrogens (tertiary/aromatic N) is 2. The third-order valence-corrected chi connectivity index (χ3v) is 4.74. The molecule has 28 heavy (non-hydrogen) atoms. The molecule has 4 rings (SSSR count). The van der Waals surface area contributed by atoms with Crippen molar-refractivity contribution in [2.24, 2.45) is 0 Å². The van der Waals surface area contributed by atoms with Gasteiger partial charge in [0.25, 0.3) is 5.56 Å². The largest absolute Gasteiger partial charge is 0.456 e. The number of benzene rings is 3. The van der Waals surface area contributed by atoms with Gasteiger partial charge in [-0.2, -0.15) is 5.10 Å². The summed E-state index contributed by atoms with van der Waals surface area (Å²) in [6, 6.07) is 20.9. The second-order valence-corrected chi connectivity index (χ2v) is 6.64. The number of carbonyl (C=O) groups excluding carboxylic acids is 1. The smallest absolute Gasteiger partial charge is 0.359 e. The van der Waals surface area contributed by atoms with Crippen molar-refractivity contribution in [1.82, 2.24) is 9.78 Å². The molecule has 3 aromatic carbocycles. The third-order valence-electron chi connectivity index (χ3n) is 4.74. The molecule has 5 heteroatoms. The summed E-state index contributed by atoms with van der Waals surface area (Å²) in [5, 5.41) is 7.43. The number of hydrogen-bond acceptors (Lipinski definition) is 4. The van der Waals surface area contributed by atoms with E-state index in [9.17, 15) is 9.59 Å². The van der Waals surface area contributed by atoms with Gasteiger partial charge in [0.2, 0.25) is 0 Å². The molecule has 4 aromatic rings. The summed E-state index contributed by atoms with van der Waals surface area (Å²) in [4.78, 5) is 25.4. The zero-order chi connectivity index (χ0) is 19.5. The molecular weight excluding hydrogens is 352 g/mol. The lowest BCUT2D eigenvalue weighted by Crippen LogP contribution is -2.26. The number of carbonyl (C=O) groups is 1. The third kappa shape index (κ3) is 3.27. The molecule has 1 heterocycles. The number of esters is 1. The van der Waals surface area contributed by atoms with Crippen molar-refractivity contribution < 1.29 is 9.53 Å². The quantitative estimate of drug-likeness (QED) is 0.490. The molecule has 0 saturated heterocycles. The first kappa shape index (κ1) is 17.9. The summed E-state index contributed by atoms with van der Waals surface area (Å²) in [7, 11) is 0. The van der Waals surface area contributed by atoms with Crippen LogP contribution < -0.4 is 5.56 Å². The Kier molecular flexibility index (Phi) is 4.89. The number of fused-ring (bicyclic) bond motifs is 2. The summed E-state index contributed by atoms with van der Waals surface area (Å²) in [5.74, 6) is -0.533. The van der Waals surface area contributed by atoms with Gasteiger partial charge in [-0.25, -0.2) is 9.48 Å². The molecular formula is C23H20N2O3. The van der Waals surface area contributed by atoms with E-state index in [1.807, 2.05) is 49.4 Å². The first-order chi connectivity index (χ1) is 13.7. The summed E-state index contributed by atoms with van der Waals surface area (Å²) >= 11 is 0. The van der Waals surface area contributed by atoms with E-state index in [-0.39, 0.29) is 17.9 Å². The molecule has 0 bridgehead atoms. The van der Waals surface area contributed by atoms with E-state index >= 15 is 0 Å². The maximum Gasteiger partial charge on any atom is 0.359 e. The van der Waals surface area contributed by atoms with Gasteiger partial charge in [-0.15, -0.1) is 0 Å². The molecule has 0 aliphatic carbocycles. The van der Waals surface area contributed by atoms with Gasteiger partial charge in [0.15, 0.2) is 5.69 Å². The van der Waals surface area contributed by atoms with Crippen LogP contribution >= 0.6 is 0 Å². The van der Waals surface area contributed by atoms with Gasteiger partial charge < -0.3 is 4.74 Å². The van der Waals surface area contributed by atoms with Crippen molar-refractivity contribution >= 4 is 27.5 Å². The topological polar surface area (TPSA) is 61.2 Å². The van der Waals surface area contributed by atoms with Gasteiger partial charge in [0, 0.05) is 11.9 Å². The Morgan fingerprint density at radius 3 is 2.39 bits per heavy atom. The predicted molar refractivity (Wildman–Crippen MR) is 109 cm³/mol. The predicted octanol–water partition coefficient (Wildman–Crippen LogP) is 4.32. The standard InChI is InChI=1S/C23H20N2O3/c1-2-14-25-22(26)20-13-6-5-12-19(20)21(24-25)23(27)28-15-17-10-7-9-16-8-3-4-11-18(16)17/h3-13H,2,14-15H2,1H3. The average molecular weight is 372 g/mol. The highest BCUT2D eigenvalue weighted by atomic mass is 16.5. The van der Waals surface area contributed by atoms with Crippen LogP contribution in [0.3, 0.4) is 0 Å². The Hall–Kier alpha value is -3.47. The van der Waals surface area contributed by atoms with Crippen LogP contribution in [-0.4, -0.2) is 15.7 Å². The van der Waals surface area contributed by atoms with Gasteiger partial charge in [-0.3, -0.25) is 4.79 Å². The Bertz CT molecular complexity index is 1220. The highest BCUT2D eigenvalue weighted by molar-refractivity contribution is 6.02. The molecule has 0 aliphatic heterocycles. The molecule has 0 fully saturated rings. The molecule has 0 spiro atoms. The Morgan fingerprint density at radius 1 is 0.929 bits per heavy atom. The SMILES string of the molecule is CCCn1nc(C(=O)OCc2cccc3ccccc23)c2ccccc2c1=O. The van der Waals surface area contributed by atoms with Gasteiger partial charge in [-0.1, -0.05) is 67.6 Å². The van der Waals surface area contributed by atoms with E-state index in [2.05, 4.69) is 5.10 Å². The van der Waals surface area contributed by atoms with Gasteiger partial charge in [-0.05, 0) is 28.8 Å². The van der Waals surface area contributed by atoms with Crippen LogP contribution in [-0.2, 0) is 17.9 Å². The normalized spacial score (nSPS) is 11.0. The van der Waals surface area contributed by atoms with E-state index in [1.165, 1.54) is 4.68 Å². The fourth-order valence-corrected chi connectivity index (χ4v) is 3.38. The molecule has 0 amide bonds. The number of aryl methyl sites for hydroxylation is 1. The van der Waals surface area contributed by atoms with E-state index in [0.29, 0.717) is 17.3 Å². The van der Waals surface area contributed by atoms with Crippen LogP contribution in [0.1, 0.15) is 29.4 Å². The molecule has 0 atom stereocenters. The zero-order valence-electron chi connectivity index (χ0n) is 15.6. The maximum absolute atomic E-state index is 12.8. The number of rotatable bonds is 5. The Labute approximate surface area is 162 Å². The molecule has 5 nitrogen and oxygen atoms in total. The zero-order valence-corrected chi connectivity index (χ0v) is 15.6. The van der Waals surface area contributed by atoms with E-state index < -0.39 is 5.97 Å². The van der Waals surface area contributed by atoms with Crippen molar-refractivity contribution in [1.29, 1.82) is 0 Å². The highest BCUT2D eigenvalue weighted by Gasteiger charge is 2.18. The average Bonchev–Trinajstić information content (AvgIpc) is 2.74. The van der Waals surface area contributed by atoms with Gasteiger partial charge in [0.1, 0.15) is 6.61 Å². The van der Waals surface area contributed by atoms with Crippen LogP contribution in [0.25, 0.3) is 21.5 Å². The van der Waals surface area contributed by atoms with Crippen molar-refractivity contribution in [2.75, 3.05) is 0 Å². The van der Waals surface area contributed by atoms with Crippen molar-refractivity contribution in [3.05, 3.63) is 88.3 Å². The van der Waals surface area contributed by atoms with Crippen molar-refractivity contribution in [2.45, 2.75) is 26.5 Å². The van der Waals surface area contributed by atoms with E-state index in [1.54, 1.807) is 24.3 Å². The fourth-order valence-electron chi connectivity index (χ4n) is 3.38. The summed E-state index contributed by atoms with van der Waals surface area (Å²) in [5.41, 5.74) is 0.907. The monoisotopic (exact) mass is 372 g/mol. The van der Waals surface area contributed by atoms with Crippen LogP contribution in [0.4, 0.5) is 0 Å². The molecule has 1 aromatic heterocycles. The van der Waals surface area contributed by atoms with Crippen LogP contribution in [0.5, 0.6) is 0 Å². The number of ether oxygens (including phenoxy) is 1. The first-order valence-electron chi connectivity index (χ1n) is 9.32. The lowest BCUT2D eigenvalue weighted by Gasteiger charge is -2.11. The van der Waals surface area contributed by atoms with Gasteiger partial charge >= 0.3 is 5.97 Å². The molecule has 0 radical (unpaired) electrons. The van der Waals surface area contributed by atoms with Gasteiger partial charge in [0.05, 0.1) is 5.39 Å².